The van der Waals surface area contributed by atoms with E-state index in [-0.39, 0.29) is 100 Å². The Hall–Kier alpha value is -8.95. The lowest BCUT2D eigenvalue weighted by Crippen LogP contribution is -2.54. The number of phenolic OH excluding ortho intramolecular Hbond substituents is 1. The Morgan fingerprint density at radius 3 is 2.27 bits per heavy atom. The minimum Gasteiger partial charge on any atom is -0.507 e. The summed E-state index contributed by atoms with van der Waals surface area (Å²) in [7, 11) is 5.46. The normalized spacial score (nSPS) is 23.7. The number of ketones is 1. The van der Waals surface area contributed by atoms with Crippen molar-refractivity contribution in [2.75, 3.05) is 64.7 Å². The van der Waals surface area contributed by atoms with Crippen molar-refractivity contribution in [3.8, 4) is 28.7 Å². The molecule has 4 heterocycles. The minimum atomic E-state index is -2.11. The first kappa shape index (κ1) is 74.4. The van der Waals surface area contributed by atoms with Gasteiger partial charge in [0, 0.05) is 98.0 Å². The van der Waals surface area contributed by atoms with E-state index in [9.17, 15) is 48.9 Å². The number of nitrogens with zero attached hydrogens (tertiary/aromatic N) is 2. The largest absolute Gasteiger partial charge is 0.507 e. The molecule has 5 aliphatic rings. The van der Waals surface area contributed by atoms with Gasteiger partial charge in [-0.15, -0.1) is 0 Å². The topological polar surface area (TPSA) is 365 Å². The maximum Gasteiger partial charge on any atom is 0.312 e. The number of anilines is 2. The summed E-state index contributed by atoms with van der Waals surface area (Å²) in [5, 5.41) is 48.4. The smallest absolute Gasteiger partial charge is 0.312 e. The van der Waals surface area contributed by atoms with E-state index >= 15 is 4.79 Å². The van der Waals surface area contributed by atoms with Gasteiger partial charge in [-0.1, -0.05) is 71.9 Å². The van der Waals surface area contributed by atoms with E-state index in [4.69, 9.17) is 43.6 Å². The Balaban J connectivity index is 1.15. The molecule has 11 atom stereocenters. The predicted octanol–water partition coefficient (Wildman–Crippen LogP) is 7.04. The highest BCUT2D eigenvalue weighted by molar-refractivity contribution is 6.22. The van der Waals surface area contributed by atoms with E-state index in [0.29, 0.717) is 42.0 Å². The Kier molecular flexibility index (Phi) is 25.0. The lowest BCUT2D eigenvalue weighted by atomic mass is 9.78. The number of amides is 6. The number of likely N-dealkylation sites (N-methyl/N-ethyl adjacent to an activating group) is 1. The fourth-order valence-corrected chi connectivity index (χ4v) is 11.9. The molecular weight excluding hydrogens is 1240 g/mol. The first-order chi connectivity index (χ1) is 45.3. The van der Waals surface area contributed by atoms with Crippen molar-refractivity contribution >= 4 is 74.7 Å². The Bertz CT molecular complexity index is 3810. The molecule has 1 aliphatic carbocycles. The zero-order valence-corrected chi connectivity index (χ0v) is 57.1. The van der Waals surface area contributed by atoms with Crippen molar-refractivity contribution < 1.29 is 86.2 Å². The second-order valence-electron chi connectivity index (χ2n) is 25.9. The standard InChI is InChI=1S/C70H92N8O18/c1-15-91-31-28-51(80)76-55(36(2)3)68(88)75-48(20-17-29-72-69(71)89)67(87)73-45-23-21-44(22-24-45)35-78(12,13)30-33-92-46-25-26-47-50(34-46)95-64-56(74-47)52-53-60(83)42(9)63-54(52)65(85)70(11,96-63)93-32-27-49(90-14)39(6)62(94-43(10)79)41(8)59(82)40(7)58(81)37(4)18-16-19-38(5)66(86)77-57(64)61(53)84/h16,18-19,21-27,32,34,36-37,39-41,48-49,55,58-59,62,81-82H,15,17,20,28-31,33,35H2,1-14H3,(H7-,71,72,73,74,75,76,77,80,83,84,85,86,87,88,89)/p+1/b18-16+,32-27+,38-19-/t37-,39+,40+,41+,48-,49-,55?,58-,59+,62?,70-/m0/s1. The fraction of sp³-hybridized carbons (Fsp3) is 0.500. The number of esters is 1. The molecule has 8 rings (SSSR count). The number of aliphatic hydroxyl groups excluding tert-OH is 2. The zero-order valence-electron chi connectivity index (χ0n) is 57.1. The second-order valence-corrected chi connectivity index (χ2v) is 25.9. The summed E-state index contributed by atoms with van der Waals surface area (Å²) >= 11 is 0. The molecule has 0 saturated carbocycles. The van der Waals surface area contributed by atoms with Crippen LogP contribution in [0.15, 0.2) is 87.8 Å². The number of carbonyl (C=O) groups is 7. The lowest BCUT2D eigenvalue weighted by molar-refractivity contribution is -0.903. The number of aliphatic hydroxyl groups is 2. The van der Waals surface area contributed by atoms with Crippen LogP contribution in [0, 0.1) is 36.5 Å². The van der Waals surface area contributed by atoms with Crippen LogP contribution in [-0.4, -0.2) is 163 Å². The average molecular weight is 1330 g/mol. The van der Waals surface area contributed by atoms with Crippen LogP contribution < -0.4 is 47.2 Å². The summed E-state index contributed by atoms with van der Waals surface area (Å²) < 4.78 is 42.7. The zero-order chi connectivity index (χ0) is 70.7. The predicted molar refractivity (Wildman–Crippen MR) is 359 cm³/mol. The number of aromatic hydroxyl groups is 1. The summed E-state index contributed by atoms with van der Waals surface area (Å²) in [6.07, 6.45) is 3.83. The third-order valence-electron chi connectivity index (χ3n) is 17.6. The molecule has 0 radical (unpaired) electrons. The number of fused-ring (bicyclic) bond motifs is 14. The summed E-state index contributed by atoms with van der Waals surface area (Å²) in [5.41, 5.74) is 5.60. The number of rotatable bonds is 22. The highest BCUT2D eigenvalue weighted by Gasteiger charge is 2.50. The van der Waals surface area contributed by atoms with Gasteiger partial charge in [0.15, 0.2) is 11.3 Å². The number of urea groups is 1. The van der Waals surface area contributed by atoms with Crippen molar-refractivity contribution in [3.63, 3.8) is 0 Å². The van der Waals surface area contributed by atoms with Crippen molar-refractivity contribution in [1.29, 1.82) is 0 Å². The number of ether oxygens (including phenoxy) is 6. The van der Waals surface area contributed by atoms with Crippen molar-refractivity contribution in [1.82, 2.24) is 20.9 Å². The van der Waals surface area contributed by atoms with E-state index < -0.39 is 118 Å². The first-order valence-corrected chi connectivity index (χ1v) is 32.3. The number of benzene rings is 4. The maximum absolute atomic E-state index is 15.1. The van der Waals surface area contributed by atoms with Gasteiger partial charge >= 0.3 is 17.8 Å². The van der Waals surface area contributed by atoms with Gasteiger partial charge in [-0.2, -0.15) is 0 Å². The van der Waals surface area contributed by atoms with E-state index in [1.165, 1.54) is 53.2 Å². The summed E-state index contributed by atoms with van der Waals surface area (Å²) in [4.78, 5) is 113. The molecule has 0 saturated heterocycles. The van der Waals surface area contributed by atoms with Gasteiger partial charge in [0.1, 0.15) is 72.0 Å². The maximum atomic E-state index is 15.1. The SMILES string of the molecule is CCOCCC(=O)NC(C(=O)N[C@@H](CCCNC(N)=O)C(=O)Nc1ccc(C[N+](C)(C)CCOc2ccc3nc4c5c6c7c(C)c(O)c5c(=O)c(c-4oc3c2)NC(=O)/C(C)=C\C=C\[C@H](C)[C@H](O)[C@@H](C)[C@@H](O)[C@@H](C)C(OC(C)=O)[C@H](C)[C@@H](OC)/C=C/O[C@@](C)(O7)C6=O)cc1)C(C)C. The average Bonchev–Trinajstić information content (AvgIpc) is 1.39. The number of nitrogens with one attached hydrogen (secondary N) is 5. The van der Waals surface area contributed by atoms with Gasteiger partial charge in [0.05, 0.1) is 56.2 Å². The van der Waals surface area contributed by atoms with Crippen LogP contribution in [0.5, 0.6) is 17.2 Å². The van der Waals surface area contributed by atoms with Gasteiger partial charge in [-0.05, 0) is 69.9 Å². The molecule has 10 N–H and O–H groups in total. The first-order valence-electron chi connectivity index (χ1n) is 32.3. The third kappa shape index (κ3) is 17.7. The van der Waals surface area contributed by atoms with Gasteiger partial charge in [-0.25, -0.2) is 9.78 Å². The van der Waals surface area contributed by atoms with Crippen LogP contribution in [0.3, 0.4) is 0 Å². The van der Waals surface area contributed by atoms with E-state index in [1.807, 2.05) is 33.2 Å². The van der Waals surface area contributed by atoms with Gasteiger partial charge in [0.25, 0.3) is 11.7 Å². The lowest BCUT2D eigenvalue weighted by Gasteiger charge is -2.38. The third-order valence-corrected chi connectivity index (χ3v) is 17.6. The number of Topliss-reactive ketones (excluding diaryl/α,β-unsaturated/α-hetero) is 1. The number of hydrogen-bond donors (Lipinski definition) is 9. The summed E-state index contributed by atoms with van der Waals surface area (Å²) in [6.45, 7) is 19.9. The molecule has 2 unspecified atom stereocenters. The number of methoxy groups -OCH3 is 1. The monoisotopic (exact) mass is 1330 g/mol. The highest BCUT2D eigenvalue weighted by atomic mass is 16.7. The van der Waals surface area contributed by atoms with Crippen LogP contribution in [0.4, 0.5) is 16.2 Å². The Morgan fingerprint density at radius 2 is 1.61 bits per heavy atom. The van der Waals surface area contributed by atoms with Gasteiger partial charge < -0.3 is 85.0 Å². The van der Waals surface area contributed by atoms with Crippen molar-refractivity contribution in [2.24, 2.45) is 35.3 Å². The van der Waals surface area contributed by atoms with Gasteiger partial charge in [0.2, 0.25) is 23.2 Å². The molecule has 5 bridgehead atoms. The second kappa shape index (κ2) is 32.2. The van der Waals surface area contributed by atoms with E-state index in [0.717, 1.165) is 5.56 Å². The Morgan fingerprint density at radius 1 is 0.906 bits per heavy atom. The number of primary amides is 1. The molecule has 0 spiro atoms. The van der Waals surface area contributed by atoms with E-state index in [2.05, 4.69) is 26.6 Å². The molecule has 26 heteroatoms. The number of aromatic nitrogens is 1. The molecule has 4 aliphatic heterocycles. The van der Waals surface area contributed by atoms with Crippen LogP contribution in [0.25, 0.3) is 33.3 Å². The number of nitrogens with two attached hydrogens (primary N) is 1. The van der Waals surface area contributed by atoms with E-state index in [1.54, 1.807) is 84.0 Å². The molecule has 3 aromatic rings. The minimum absolute atomic E-state index is 0.0173. The van der Waals surface area contributed by atoms with Crippen LogP contribution in [0.2, 0.25) is 0 Å². The quantitative estimate of drug-likeness (QED) is 0.0110. The highest BCUT2D eigenvalue weighted by Crippen LogP contribution is 2.51. The Labute approximate surface area is 558 Å². The number of quaternary nitrogens is 1. The number of hydrogen-bond acceptors (Lipinski definition) is 19. The molecule has 520 valence electrons. The van der Waals surface area contributed by atoms with Crippen LogP contribution in [0.1, 0.15) is 110 Å². The molecule has 0 aromatic heterocycles. The number of phenols is 1. The van der Waals surface area contributed by atoms with Crippen molar-refractivity contribution in [2.45, 2.75) is 144 Å². The molecule has 3 aromatic carbocycles. The molecule has 26 nitrogen and oxygen atoms in total. The fourth-order valence-electron chi connectivity index (χ4n) is 11.9. The summed E-state index contributed by atoms with van der Waals surface area (Å²) in [6, 6.07) is 9.42. The summed E-state index contributed by atoms with van der Waals surface area (Å²) in [5.74, 6) is -9.16. The number of carbonyl (C=O) groups excluding carboxylic acids is 7. The van der Waals surface area contributed by atoms with Crippen molar-refractivity contribution in [3.05, 3.63) is 106 Å². The molecule has 6 amide bonds. The molecule has 96 heavy (non-hydrogen) atoms. The number of allylic oxidation sites excluding steroid dienone is 2. The van der Waals surface area contributed by atoms with Crippen LogP contribution in [-0.2, 0) is 49.5 Å². The van der Waals surface area contributed by atoms with Crippen LogP contribution >= 0.6 is 0 Å². The molecule has 0 fully saturated rings. The van der Waals surface area contributed by atoms with Gasteiger partial charge in [-0.3, -0.25) is 33.6 Å². The molecular formula is C70H93N8O18+.